The van der Waals surface area contributed by atoms with E-state index in [0.29, 0.717) is 6.61 Å². The van der Waals surface area contributed by atoms with E-state index in [0.717, 1.165) is 23.6 Å². The van der Waals surface area contributed by atoms with Gasteiger partial charge in [0, 0.05) is 0 Å². The minimum absolute atomic E-state index is 0.268. The second kappa shape index (κ2) is 4.46. The van der Waals surface area contributed by atoms with E-state index in [1.807, 2.05) is 32.4 Å². The number of nitrogens with two attached hydrogens (primary N) is 1. The first kappa shape index (κ1) is 11.0. The highest BCUT2D eigenvalue weighted by Crippen LogP contribution is 2.14. The molecular weight excluding hydrogens is 178 g/mol. The van der Waals surface area contributed by atoms with Gasteiger partial charge in [0.25, 0.3) is 0 Å². The number of aromatic nitrogens is 2. The molecule has 0 radical (unpaired) electrons. The highest BCUT2D eigenvalue weighted by atomic mass is 16.5. The molecule has 4 nitrogen and oxygen atoms in total. The van der Waals surface area contributed by atoms with Gasteiger partial charge in [-0.15, -0.1) is 0 Å². The van der Waals surface area contributed by atoms with E-state index >= 15 is 0 Å². The van der Waals surface area contributed by atoms with Crippen LogP contribution < -0.4 is 5.73 Å². The molecule has 1 aromatic rings. The van der Waals surface area contributed by atoms with Crippen LogP contribution >= 0.6 is 0 Å². The Morgan fingerprint density at radius 1 is 1.43 bits per heavy atom. The summed E-state index contributed by atoms with van der Waals surface area (Å²) in [6.07, 6.45) is 0.268. The summed E-state index contributed by atoms with van der Waals surface area (Å²) in [6, 6.07) is 0. The van der Waals surface area contributed by atoms with Crippen molar-refractivity contribution in [1.29, 1.82) is 0 Å². The average molecular weight is 197 g/mol. The molecule has 0 bridgehead atoms. The Morgan fingerprint density at radius 3 is 2.50 bits per heavy atom. The Labute approximate surface area is 85.0 Å². The van der Waals surface area contributed by atoms with Gasteiger partial charge in [0.2, 0.25) is 0 Å². The lowest BCUT2D eigenvalue weighted by Gasteiger charge is -2.08. The quantitative estimate of drug-likeness (QED) is 0.796. The van der Waals surface area contributed by atoms with Gasteiger partial charge in [0.15, 0.2) is 0 Å². The average Bonchev–Trinajstić information content (AvgIpc) is 2.33. The van der Waals surface area contributed by atoms with Crippen molar-refractivity contribution >= 4 is 5.69 Å². The van der Waals surface area contributed by atoms with Gasteiger partial charge in [-0.2, -0.15) is 5.10 Å². The maximum atomic E-state index is 5.81. The SMILES string of the molecule is Cc1nn(CCOC(C)C)c(C)c1N. The molecule has 0 aliphatic carbocycles. The van der Waals surface area contributed by atoms with Gasteiger partial charge in [-0.3, -0.25) is 4.68 Å². The zero-order chi connectivity index (χ0) is 10.7. The fourth-order valence-electron chi connectivity index (χ4n) is 1.30. The Bertz CT molecular complexity index is 305. The topological polar surface area (TPSA) is 53.1 Å². The first-order valence-electron chi connectivity index (χ1n) is 4.93. The number of hydrogen-bond donors (Lipinski definition) is 1. The Morgan fingerprint density at radius 2 is 2.07 bits per heavy atom. The lowest BCUT2D eigenvalue weighted by molar-refractivity contribution is 0.0706. The third kappa shape index (κ3) is 2.48. The Balaban J connectivity index is 2.55. The molecule has 4 heteroatoms. The molecule has 1 rings (SSSR count). The predicted octanol–water partition coefficient (Wildman–Crippen LogP) is 1.51. The van der Waals surface area contributed by atoms with Crippen molar-refractivity contribution in [3.8, 4) is 0 Å². The van der Waals surface area contributed by atoms with Crippen LogP contribution in [0.15, 0.2) is 0 Å². The van der Waals surface area contributed by atoms with Crippen molar-refractivity contribution in [2.45, 2.75) is 40.3 Å². The second-order valence-corrected chi connectivity index (χ2v) is 3.73. The van der Waals surface area contributed by atoms with Crippen LogP contribution in [0, 0.1) is 13.8 Å². The van der Waals surface area contributed by atoms with Crippen molar-refractivity contribution in [1.82, 2.24) is 9.78 Å². The number of nitrogen functional groups attached to an aromatic ring is 1. The molecule has 1 heterocycles. The van der Waals surface area contributed by atoms with Crippen LogP contribution in [0.25, 0.3) is 0 Å². The first-order chi connectivity index (χ1) is 6.52. The fraction of sp³-hybridized carbons (Fsp3) is 0.700. The van der Waals surface area contributed by atoms with Crippen LogP contribution in [-0.4, -0.2) is 22.5 Å². The number of nitrogens with zero attached hydrogens (tertiary/aromatic N) is 2. The van der Waals surface area contributed by atoms with Crippen LogP contribution in [0.2, 0.25) is 0 Å². The van der Waals surface area contributed by atoms with Gasteiger partial charge in [0.1, 0.15) is 0 Å². The van der Waals surface area contributed by atoms with Gasteiger partial charge in [-0.25, -0.2) is 0 Å². The van der Waals surface area contributed by atoms with E-state index in [4.69, 9.17) is 10.5 Å². The van der Waals surface area contributed by atoms with Crippen molar-refractivity contribution in [3.05, 3.63) is 11.4 Å². The maximum Gasteiger partial charge on any atom is 0.0825 e. The maximum absolute atomic E-state index is 5.81. The largest absolute Gasteiger partial charge is 0.396 e. The summed E-state index contributed by atoms with van der Waals surface area (Å²) in [5.74, 6) is 0. The van der Waals surface area contributed by atoms with Crippen LogP contribution in [-0.2, 0) is 11.3 Å². The summed E-state index contributed by atoms with van der Waals surface area (Å²) in [5.41, 5.74) is 8.52. The summed E-state index contributed by atoms with van der Waals surface area (Å²) in [5, 5.41) is 4.32. The molecular formula is C10H19N3O. The minimum Gasteiger partial charge on any atom is -0.396 e. The van der Waals surface area contributed by atoms with Crippen LogP contribution in [0.1, 0.15) is 25.2 Å². The molecule has 0 saturated heterocycles. The third-order valence-corrected chi connectivity index (χ3v) is 2.19. The molecule has 0 atom stereocenters. The normalized spacial score (nSPS) is 11.2. The molecule has 14 heavy (non-hydrogen) atoms. The number of aryl methyl sites for hydroxylation is 1. The zero-order valence-electron chi connectivity index (χ0n) is 9.37. The Hall–Kier alpha value is -1.03. The highest BCUT2D eigenvalue weighted by Gasteiger charge is 2.07. The summed E-state index contributed by atoms with van der Waals surface area (Å²) >= 11 is 0. The summed E-state index contributed by atoms with van der Waals surface area (Å²) in [7, 11) is 0. The molecule has 0 spiro atoms. The van der Waals surface area contributed by atoms with E-state index in [2.05, 4.69) is 5.10 Å². The molecule has 0 fully saturated rings. The van der Waals surface area contributed by atoms with Gasteiger partial charge in [-0.1, -0.05) is 0 Å². The molecule has 2 N–H and O–H groups in total. The number of rotatable bonds is 4. The first-order valence-corrected chi connectivity index (χ1v) is 4.93. The van der Waals surface area contributed by atoms with Crippen LogP contribution in [0.3, 0.4) is 0 Å². The van der Waals surface area contributed by atoms with Crippen molar-refractivity contribution in [3.63, 3.8) is 0 Å². The van der Waals surface area contributed by atoms with Crippen molar-refractivity contribution in [2.75, 3.05) is 12.3 Å². The monoisotopic (exact) mass is 197 g/mol. The molecule has 0 aliphatic rings. The van der Waals surface area contributed by atoms with E-state index < -0.39 is 0 Å². The van der Waals surface area contributed by atoms with Crippen LogP contribution in [0.5, 0.6) is 0 Å². The van der Waals surface area contributed by atoms with Crippen molar-refractivity contribution < 1.29 is 4.74 Å². The summed E-state index contributed by atoms with van der Waals surface area (Å²) in [4.78, 5) is 0. The zero-order valence-corrected chi connectivity index (χ0v) is 9.37. The summed E-state index contributed by atoms with van der Waals surface area (Å²) in [6.45, 7) is 9.39. The second-order valence-electron chi connectivity index (χ2n) is 3.73. The lowest BCUT2D eigenvalue weighted by Crippen LogP contribution is -2.12. The molecule has 1 aromatic heterocycles. The van der Waals surface area contributed by atoms with Gasteiger partial charge in [-0.05, 0) is 27.7 Å². The standard InChI is InChI=1S/C10H19N3O/c1-7(2)14-6-5-13-9(4)10(11)8(3)12-13/h7H,5-6,11H2,1-4H3. The van der Waals surface area contributed by atoms with Gasteiger partial charge in [0.05, 0.1) is 36.3 Å². The van der Waals surface area contributed by atoms with Crippen molar-refractivity contribution in [2.24, 2.45) is 0 Å². The number of ether oxygens (including phenoxy) is 1. The highest BCUT2D eigenvalue weighted by molar-refractivity contribution is 5.46. The minimum atomic E-state index is 0.268. The van der Waals surface area contributed by atoms with E-state index in [1.54, 1.807) is 0 Å². The molecule has 80 valence electrons. The number of anilines is 1. The lowest BCUT2D eigenvalue weighted by atomic mass is 10.3. The number of hydrogen-bond acceptors (Lipinski definition) is 3. The van der Waals surface area contributed by atoms with Crippen LogP contribution in [0.4, 0.5) is 5.69 Å². The predicted molar refractivity (Wildman–Crippen MR) is 57.2 cm³/mol. The molecule has 0 unspecified atom stereocenters. The van der Waals surface area contributed by atoms with E-state index in [9.17, 15) is 0 Å². The van der Waals surface area contributed by atoms with Gasteiger partial charge < -0.3 is 10.5 Å². The third-order valence-electron chi connectivity index (χ3n) is 2.19. The van der Waals surface area contributed by atoms with E-state index in [-0.39, 0.29) is 6.10 Å². The summed E-state index contributed by atoms with van der Waals surface area (Å²) < 4.78 is 7.34. The smallest absolute Gasteiger partial charge is 0.0825 e. The Kier molecular flexibility index (Phi) is 3.52. The van der Waals surface area contributed by atoms with Gasteiger partial charge >= 0.3 is 0 Å². The molecule has 0 amide bonds. The van der Waals surface area contributed by atoms with E-state index in [1.165, 1.54) is 0 Å². The molecule has 0 aromatic carbocycles. The molecule has 0 saturated carbocycles. The fourth-order valence-corrected chi connectivity index (χ4v) is 1.30. The molecule has 0 aliphatic heterocycles.